The summed E-state index contributed by atoms with van der Waals surface area (Å²) in [6.45, 7) is 2.63. The van der Waals surface area contributed by atoms with Crippen LogP contribution in [0, 0.1) is 0 Å². The van der Waals surface area contributed by atoms with Crippen molar-refractivity contribution in [3.63, 3.8) is 0 Å². The van der Waals surface area contributed by atoms with Crippen LogP contribution in [-0.4, -0.2) is 63.8 Å². The van der Waals surface area contributed by atoms with Crippen molar-refractivity contribution in [1.82, 2.24) is 24.6 Å². The Labute approximate surface area is 163 Å². The van der Waals surface area contributed by atoms with Gasteiger partial charge in [-0.2, -0.15) is 5.10 Å². The van der Waals surface area contributed by atoms with Gasteiger partial charge in [-0.3, -0.25) is 9.48 Å². The molecule has 0 spiro atoms. The summed E-state index contributed by atoms with van der Waals surface area (Å²) in [7, 11) is 3.48. The van der Waals surface area contributed by atoms with E-state index in [4.69, 9.17) is 4.74 Å². The molecule has 1 fully saturated rings. The van der Waals surface area contributed by atoms with Crippen LogP contribution in [0.1, 0.15) is 10.5 Å². The highest BCUT2D eigenvalue weighted by atomic mass is 16.5. The van der Waals surface area contributed by atoms with Crippen LogP contribution in [0.4, 0.5) is 5.95 Å². The minimum absolute atomic E-state index is 0.0571. The van der Waals surface area contributed by atoms with E-state index in [1.165, 1.54) is 0 Å². The average molecular weight is 378 g/mol. The van der Waals surface area contributed by atoms with Gasteiger partial charge in [-0.25, -0.2) is 9.97 Å². The first-order chi connectivity index (χ1) is 13.7. The maximum atomic E-state index is 12.9. The first-order valence-electron chi connectivity index (χ1n) is 9.15. The van der Waals surface area contributed by atoms with Gasteiger partial charge in [0.15, 0.2) is 5.69 Å². The fourth-order valence-corrected chi connectivity index (χ4v) is 3.35. The lowest BCUT2D eigenvalue weighted by molar-refractivity contribution is 0.0739. The van der Waals surface area contributed by atoms with Crippen LogP contribution >= 0.6 is 0 Å². The monoisotopic (exact) mass is 378 g/mol. The molecular formula is C20H22N6O2. The van der Waals surface area contributed by atoms with Crippen LogP contribution in [0.5, 0.6) is 5.75 Å². The Bertz CT molecular complexity index is 964. The minimum Gasteiger partial charge on any atom is -0.497 e. The Balaban J connectivity index is 1.47. The van der Waals surface area contributed by atoms with Crippen molar-refractivity contribution in [2.75, 3.05) is 38.2 Å². The number of hydrogen-bond acceptors (Lipinski definition) is 6. The number of ether oxygens (including phenoxy) is 1. The van der Waals surface area contributed by atoms with E-state index in [9.17, 15) is 4.79 Å². The molecule has 144 valence electrons. The second kappa shape index (κ2) is 7.67. The Morgan fingerprint density at radius 3 is 2.50 bits per heavy atom. The first kappa shape index (κ1) is 18.0. The van der Waals surface area contributed by atoms with Gasteiger partial charge in [0.05, 0.1) is 12.8 Å². The van der Waals surface area contributed by atoms with Gasteiger partial charge >= 0.3 is 0 Å². The summed E-state index contributed by atoms with van der Waals surface area (Å²) in [5.41, 5.74) is 2.28. The number of piperazine rings is 1. The zero-order valence-corrected chi connectivity index (χ0v) is 15.9. The largest absolute Gasteiger partial charge is 0.497 e. The molecule has 1 aromatic carbocycles. The third-order valence-corrected chi connectivity index (χ3v) is 4.87. The molecule has 0 radical (unpaired) electrons. The highest BCUT2D eigenvalue weighted by Crippen LogP contribution is 2.24. The summed E-state index contributed by atoms with van der Waals surface area (Å²) in [5.74, 6) is 1.41. The van der Waals surface area contributed by atoms with Gasteiger partial charge in [-0.05, 0) is 24.3 Å². The Morgan fingerprint density at radius 2 is 1.79 bits per heavy atom. The van der Waals surface area contributed by atoms with E-state index in [1.54, 1.807) is 30.3 Å². The van der Waals surface area contributed by atoms with E-state index >= 15 is 0 Å². The van der Waals surface area contributed by atoms with Crippen molar-refractivity contribution in [1.29, 1.82) is 0 Å². The van der Waals surface area contributed by atoms with Crippen molar-refractivity contribution in [3.8, 4) is 17.0 Å². The number of anilines is 1. The number of carbonyl (C=O) groups is 1. The smallest absolute Gasteiger partial charge is 0.274 e. The van der Waals surface area contributed by atoms with E-state index < -0.39 is 0 Å². The molecule has 1 aliphatic heterocycles. The maximum absolute atomic E-state index is 12.9. The number of benzene rings is 1. The molecule has 0 saturated carbocycles. The number of carbonyl (C=O) groups excluding carboxylic acids is 1. The lowest BCUT2D eigenvalue weighted by Crippen LogP contribution is -2.49. The molecule has 28 heavy (non-hydrogen) atoms. The third-order valence-electron chi connectivity index (χ3n) is 4.87. The van der Waals surface area contributed by atoms with Crippen LogP contribution < -0.4 is 9.64 Å². The number of aromatic nitrogens is 4. The van der Waals surface area contributed by atoms with Crippen LogP contribution in [0.3, 0.4) is 0 Å². The molecule has 3 aromatic rings. The maximum Gasteiger partial charge on any atom is 0.274 e. The molecule has 1 saturated heterocycles. The van der Waals surface area contributed by atoms with Crippen molar-refractivity contribution >= 4 is 11.9 Å². The quantitative estimate of drug-likeness (QED) is 0.690. The average Bonchev–Trinajstić information content (AvgIpc) is 3.15. The number of methoxy groups -OCH3 is 1. The molecule has 0 atom stereocenters. The van der Waals surface area contributed by atoms with Gasteiger partial charge in [0.25, 0.3) is 5.91 Å². The molecule has 1 aliphatic rings. The van der Waals surface area contributed by atoms with E-state index in [2.05, 4.69) is 20.0 Å². The summed E-state index contributed by atoms with van der Waals surface area (Å²) < 4.78 is 7.02. The predicted octanol–water partition coefficient (Wildman–Crippen LogP) is 1.85. The van der Waals surface area contributed by atoms with Crippen LogP contribution in [-0.2, 0) is 7.05 Å². The summed E-state index contributed by atoms with van der Waals surface area (Å²) in [6.07, 6.45) is 3.46. The SMILES string of the molecule is COc1cccc(-c2cc(C(=O)N3CCN(c4ncccn4)CC3)nn2C)c1. The van der Waals surface area contributed by atoms with E-state index in [-0.39, 0.29) is 5.91 Å². The summed E-state index contributed by atoms with van der Waals surface area (Å²) >= 11 is 0. The van der Waals surface area contributed by atoms with Gasteiger partial charge in [0, 0.05) is 51.2 Å². The van der Waals surface area contributed by atoms with Gasteiger partial charge in [0.2, 0.25) is 5.95 Å². The zero-order chi connectivity index (χ0) is 19.5. The molecule has 0 unspecified atom stereocenters. The normalized spacial score (nSPS) is 14.2. The van der Waals surface area contributed by atoms with E-state index in [1.807, 2.05) is 42.3 Å². The van der Waals surface area contributed by atoms with Crippen molar-refractivity contribution < 1.29 is 9.53 Å². The highest BCUT2D eigenvalue weighted by Gasteiger charge is 2.25. The topological polar surface area (TPSA) is 76.4 Å². The van der Waals surface area contributed by atoms with Gasteiger partial charge in [-0.1, -0.05) is 12.1 Å². The second-order valence-corrected chi connectivity index (χ2v) is 6.60. The zero-order valence-electron chi connectivity index (χ0n) is 15.9. The molecule has 3 heterocycles. The summed E-state index contributed by atoms with van der Waals surface area (Å²) in [4.78, 5) is 25.4. The standard InChI is InChI=1S/C20H22N6O2/c1-24-18(15-5-3-6-16(13-15)28-2)14-17(23-24)19(27)25-9-11-26(12-10-25)20-21-7-4-8-22-20/h3-8,13-14H,9-12H2,1-2H3. The van der Waals surface area contributed by atoms with Gasteiger partial charge < -0.3 is 14.5 Å². The Hall–Kier alpha value is -3.42. The molecule has 0 N–H and O–H groups in total. The summed E-state index contributed by atoms with van der Waals surface area (Å²) in [5, 5.41) is 4.44. The molecular weight excluding hydrogens is 356 g/mol. The van der Waals surface area contributed by atoms with Crippen molar-refractivity contribution in [3.05, 3.63) is 54.5 Å². The van der Waals surface area contributed by atoms with Gasteiger partial charge in [-0.15, -0.1) is 0 Å². The number of rotatable bonds is 4. The number of nitrogens with zero attached hydrogens (tertiary/aromatic N) is 6. The molecule has 1 amide bonds. The molecule has 8 nitrogen and oxygen atoms in total. The molecule has 0 aliphatic carbocycles. The van der Waals surface area contributed by atoms with Crippen molar-refractivity contribution in [2.45, 2.75) is 0 Å². The first-order valence-corrected chi connectivity index (χ1v) is 9.15. The third kappa shape index (κ3) is 3.53. The molecule has 4 rings (SSSR count). The number of amides is 1. The van der Waals surface area contributed by atoms with E-state index in [0.29, 0.717) is 37.8 Å². The number of aryl methyl sites for hydroxylation is 1. The lowest BCUT2D eigenvalue weighted by atomic mass is 10.1. The molecule has 2 aromatic heterocycles. The molecule has 8 heteroatoms. The Kier molecular flexibility index (Phi) is 4.92. The minimum atomic E-state index is -0.0571. The van der Waals surface area contributed by atoms with Crippen molar-refractivity contribution in [2.24, 2.45) is 7.05 Å². The fraction of sp³-hybridized carbons (Fsp3) is 0.300. The van der Waals surface area contributed by atoms with Gasteiger partial charge in [0.1, 0.15) is 5.75 Å². The number of hydrogen-bond donors (Lipinski definition) is 0. The Morgan fingerprint density at radius 1 is 1.04 bits per heavy atom. The van der Waals surface area contributed by atoms with Crippen LogP contribution in [0.25, 0.3) is 11.3 Å². The van der Waals surface area contributed by atoms with Crippen LogP contribution in [0.15, 0.2) is 48.8 Å². The summed E-state index contributed by atoms with van der Waals surface area (Å²) in [6, 6.07) is 11.4. The van der Waals surface area contributed by atoms with E-state index in [0.717, 1.165) is 17.0 Å². The highest BCUT2D eigenvalue weighted by molar-refractivity contribution is 5.93. The molecule has 0 bridgehead atoms. The second-order valence-electron chi connectivity index (χ2n) is 6.60. The fourth-order valence-electron chi connectivity index (χ4n) is 3.35. The van der Waals surface area contributed by atoms with Crippen LogP contribution in [0.2, 0.25) is 0 Å². The predicted molar refractivity (Wildman–Crippen MR) is 105 cm³/mol. The lowest BCUT2D eigenvalue weighted by Gasteiger charge is -2.34.